The molecular formula is C16H24N4O3S. The van der Waals surface area contributed by atoms with E-state index in [1.165, 1.54) is 0 Å². The minimum atomic E-state index is -3.01. The van der Waals surface area contributed by atoms with E-state index in [9.17, 15) is 13.2 Å². The maximum absolute atomic E-state index is 12.3. The monoisotopic (exact) mass is 352 g/mol. The quantitative estimate of drug-likeness (QED) is 0.815. The Morgan fingerprint density at radius 2 is 2.04 bits per heavy atom. The van der Waals surface area contributed by atoms with Gasteiger partial charge in [0, 0.05) is 32.4 Å². The maximum Gasteiger partial charge on any atom is 0.234 e. The Kier molecular flexibility index (Phi) is 4.78. The van der Waals surface area contributed by atoms with Crippen LogP contribution in [0.5, 0.6) is 0 Å². The van der Waals surface area contributed by atoms with Gasteiger partial charge in [-0.1, -0.05) is 6.07 Å². The highest BCUT2D eigenvalue weighted by molar-refractivity contribution is 7.91. The van der Waals surface area contributed by atoms with Crippen LogP contribution in [-0.2, 0) is 14.6 Å². The molecule has 8 heteroatoms. The Morgan fingerprint density at radius 1 is 1.29 bits per heavy atom. The summed E-state index contributed by atoms with van der Waals surface area (Å²) in [7, 11) is -3.01. The number of nitrogens with one attached hydrogen (secondary N) is 1. The summed E-state index contributed by atoms with van der Waals surface area (Å²) >= 11 is 0. The molecule has 0 saturated carbocycles. The smallest absolute Gasteiger partial charge is 0.234 e. The van der Waals surface area contributed by atoms with Crippen LogP contribution in [0.2, 0.25) is 0 Å². The number of anilines is 1. The second-order valence-corrected chi connectivity index (χ2v) is 9.09. The van der Waals surface area contributed by atoms with E-state index >= 15 is 0 Å². The molecule has 0 spiro atoms. The van der Waals surface area contributed by atoms with Gasteiger partial charge in [-0.15, -0.1) is 0 Å². The van der Waals surface area contributed by atoms with Crippen molar-refractivity contribution < 1.29 is 13.2 Å². The molecule has 3 heterocycles. The van der Waals surface area contributed by atoms with Crippen LogP contribution in [0.15, 0.2) is 24.4 Å². The standard InChI is InChI=1S/C16H24N4O3S/c1-16(5-11-24(22,23)13-16)18-15(21)12-19-7-9-20(10-8-19)14-4-2-3-6-17-14/h2-4,6H,5,7-13H2,1H3,(H,18,21). The molecule has 1 N–H and O–H groups in total. The van der Waals surface area contributed by atoms with E-state index in [1.807, 2.05) is 25.1 Å². The Hall–Kier alpha value is -1.67. The molecule has 1 amide bonds. The van der Waals surface area contributed by atoms with Crippen molar-refractivity contribution in [1.82, 2.24) is 15.2 Å². The Labute approximate surface area is 143 Å². The van der Waals surface area contributed by atoms with Crippen LogP contribution in [0.4, 0.5) is 5.82 Å². The number of carbonyl (C=O) groups is 1. The Balaban J connectivity index is 1.47. The fourth-order valence-corrected chi connectivity index (χ4v) is 5.46. The molecular weight excluding hydrogens is 328 g/mol. The lowest BCUT2D eigenvalue weighted by molar-refractivity contribution is -0.123. The minimum Gasteiger partial charge on any atom is -0.354 e. The van der Waals surface area contributed by atoms with Gasteiger partial charge in [0.2, 0.25) is 5.91 Å². The van der Waals surface area contributed by atoms with E-state index in [-0.39, 0.29) is 17.4 Å². The number of pyridine rings is 1. The van der Waals surface area contributed by atoms with E-state index in [0.717, 1.165) is 32.0 Å². The summed E-state index contributed by atoms with van der Waals surface area (Å²) in [5.74, 6) is 1.07. The number of amides is 1. The second-order valence-electron chi connectivity index (χ2n) is 6.90. The molecule has 2 saturated heterocycles. The largest absolute Gasteiger partial charge is 0.354 e. The highest BCUT2D eigenvalue weighted by Crippen LogP contribution is 2.22. The molecule has 1 atom stereocenters. The molecule has 24 heavy (non-hydrogen) atoms. The average molecular weight is 352 g/mol. The van der Waals surface area contributed by atoms with Crippen molar-refractivity contribution >= 4 is 21.6 Å². The SMILES string of the molecule is CC1(NC(=O)CN2CCN(c3ccccn3)CC2)CCS(=O)(=O)C1. The summed E-state index contributed by atoms with van der Waals surface area (Å²) in [5.41, 5.74) is -0.619. The first-order chi connectivity index (χ1) is 11.4. The highest BCUT2D eigenvalue weighted by atomic mass is 32.2. The molecule has 2 fully saturated rings. The molecule has 3 rings (SSSR count). The van der Waals surface area contributed by atoms with Gasteiger partial charge in [0.05, 0.1) is 23.6 Å². The van der Waals surface area contributed by atoms with E-state index in [2.05, 4.69) is 20.1 Å². The molecule has 0 bridgehead atoms. The first-order valence-electron chi connectivity index (χ1n) is 8.25. The molecule has 1 aromatic rings. The van der Waals surface area contributed by atoms with E-state index in [0.29, 0.717) is 13.0 Å². The van der Waals surface area contributed by atoms with Crippen LogP contribution >= 0.6 is 0 Å². The third kappa shape index (κ3) is 4.24. The van der Waals surface area contributed by atoms with Crippen LogP contribution in [0.25, 0.3) is 0 Å². The van der Waals surface area contributed by atoms with Gasteiger partial charge < -0.3 is 10.2 Å². The lowest BCUT2D eigenvalue weighted by Gasteiger charge is -2.35. The summed E-state index contributed by atoms with van der Waals surface area (Å²) in [6.45, 7) is 5.37. The van der Waals surface area contributed by atoms with Gasteiger partial charge in [-0.05, 0) is 25.5 Å². The molecule has 0 aromatic carbocycles. The number of hydrogen-bond donors (Lipinski definition) is 1. The highest BCUT2D eigenvalue weighted by Gasteiger charge is 2.39. The van der Waals surface area contributed by atoms with Crippen molar-refractivity contribution in [2.75, 3.05) is 49.1 Å². The zero-order chi connectivity index (χ0) is 17.2. The lowest BCUT2D eigenvalue weighted by Crippen LogP contribution is -2.53. The summed E-state index contributed by atoms with van der Waals surface area (Å²) < 4.78 is 23.2. The molecule has 7 nitrogen and oxygen atoms in total. The van der Waals surface area contributed by atoms with Crippen molar-refractivity contribution in [3.8, 4) is 0 Å². The number of hydrogen-bond acceptors (Lipinski definition) is 6. The van der Waals surface area contributed by atoms with Gasteiger partial charge in [0.25, 0.3) is 0 Å². The number of carbonyl (C=O) groups excluding carboxylic acids is 1. The normalized spacial score (nSPS) is 27.1. The van der Waals surface area contributed by atoms with Gasteiger partial charge in [0.15, 0.2) is 9.84 Å². The fraction of sp³-hybridized carbons (Fsp3) is 0.625. The average Bonchev–Trinajstić information content (AvgIpc) is 2.82. The van der Waals surface area contributed by atoms with Crippen molar-refractivity contribution in [3.05, 3.63) is 24.4 Å². The molecule has 2 aliphatic rings. The van der Waals surface area contributed by atoms with E-state index < -0.39 is 15.4 Å². The predicted molar refractivity (Wildman–Crippen MR) is 92.7 cm³/mol. The van der Waals surface area contributed by atoms with Crippen LogP contribution in [0, 0.1) is 0 Å². The molecule has 1 aromatic heterocycles. The van der Waals surface area contributed by atoms with Gasteiger partial charge in [-0.2, -0.15) is 0 Å². The number of rotatable bonds is 4. The zero-order valence-corrected chi connectivity index (χ0v) is 14.8. The topological polar surface area (TPSA) is 82.6 Å². The number of sulfone groups is 1. The summed E-state index contributed by atoms with van der Waals surface area (Å²) in [6.07, 6.45) is 2.28. The molecule has 0 aliphatic carbocycles. The third-order valence-corrected chi connectivity index (χ3v) is 6.56. The second kappa shape index (κ2) is 6.68. The van der Waals surface area contributed by atoms with E-state index in [4.69, 9.17) is 0 Å². The molecule has 0 radical (unpaired) electrons. The van der Waals surface area contributed by atoms with Gasteiger partial charge in [-0.25, -0.2) is 13.4 Å². The summed E-state index contributed by atoms with van der Waals surface area (Å²) in [6, 6.07) is 5.86. The molecule has 132 valence electrons. The lowest BCUT2D eigenvalue weighted by atomic mass is 10.0. The summed E-state index contributed by atoms with van der Waals surface area (Å²) in [4.78, 5) is 20.9. The Bertz CT molecular complexity index is 687. The first kappa shape index (κ1) is 17.2. The van der Waals surface area contributed by atoms with Crippen molar-refractivity contribution in [3.63, 3.8) is 0 Å². The van der Waals surface area contributed by atoms with Crippen LogP contribution < -0.4 is 10.2 Å². The molecule has 1 unspecified atom stereocenters. The number of aromatic nitrogens is 1. The fourth-order valence-electron chi connectivity index (χ4n) is 3.36. The van der Waals surface area contributed by atoms with Crippen LogP contribution in [0.3, 0.4) is 0 Å². The van der Waals surface area contributed by atoms with Crippen LogP contribution in [-0.4, -0.2) is 74.0 Å². The minimum absolute atomic E-state index is 0.0409. The zero-order valence-electron chi connectivity index (χ0n) is 13.9. The van der Waals surface area contributed by atoms with Gasteiger partial charge in [0.1, 0.15) is 5.82 Å². The predicted octanol–water partition coefficient (Wildman–Crippen LogP) is -0.103. The van der Waals surface area contributed by atoms with Crippen LogP contribution in [0.1, 0.15) is 13.3 Å². The first-order valence-corrected chi connectivity index (χ1v) is 10.1. The molecule has 2 aliphatic heterocycles. The van der Waals surface area contributed by atoms with Crippen molar-refractivity contribution in [2.45, 2.75) is 18.9 Å². The third-order valence-electron chi connectivity index (χ3n) is 4.66. The Morgan fingerprint density at radius 3 is 2.62 bits per heavy atom. The van der Waals surface area contributed by atoms with E-state index in [1.54, 1.807) is 6.20 Å². The van der Waals surface area contributed by atoms with Gasteiger partial charge in [-0.3, -0.25) is 9.69 Å². The van der Waals surface area contributed by atoms with Crippen molar-refractivity contribution in [1.29, 1.82) is 0 Å². The number of nitrogens with zero attached hydrogens (tertiary/aromatic N) is 3. The summed E-state index contributed by atoms with van der Waals surface area (Å²) in [5, 5.41) is 2.92. The number of piperazine rings is 1. The van der Waals surface area contributed by atoms with Gasteiger partial charge >= 0.3 is 0 Å². The maximum atomic E-state index is 12.3. The van der Waals surface area contributed by atoms with Crippen molar-refractivity contribution in [2.24, 2.45) is 0 Å².